The van der Waals surface area contributed by atoms with Crippen LogP contribution in [0.1, 0.15) is 46.6 Å². The van der Waals surface area contributed by atoms with Crippen LogP contribution in [0, 0.1) is 13.8 Å². The van der Waals surface area contributed by atoms with Crippen molar-refractivity contribution < 1.29 is 4.42 Å². The summed E-state index contributed by atoms with van der Waals surface area (Å²) in [5, 5.41) is 7.91. The molecule has 1 aliphatic rings. The van der Waals surface area contributed by atoms with Crippen molar-refractivity contribution in [3.63, 3.8) is 0 Å². The third kappa shape index (κ3) is 4.86. The Balaban J connectivity index is 1.57. The Hall–Kier alpha value is -1.86. The summed E-state index contributed by atoms with van der Waals surface area (Å²) in [6.45, 7) is 7.86. The summed E-state index contributed by atoms with van der Waals surface area (Å²) in [5.74, 6) is 1.81. The highest BCUT2D eigenvalue weighted by Crippen LogP contribution is 2.24. The Bertz CT molecular complexity index is 684. The molecule has 1 saturated heterocycles. The predicted octanol–water partition coefficient (Wildman–Crippen LogP) is 3.25. The molecule has 2 N–H and O–H groups in total. The standard InChI is InChI=1S/C19H29N5OS/c1-14-15(2)26-18(23-14)13-22-19(20-3)21-12-16(17-8-7-11-25-17)24-9-5-4-6-10-24/h7-8,11,16H,4-6,9-10,12-13H2,1-3H3,(H2,20,21,22). The maximum Gasteiger partial charge on any atom is 0.191 e. The molecule has 2 aromatic heterocycles. The molecule has 0 bridgehead atoms. The van der Waals surface area contributed by atoms with Crippen molar-refractivity contribution in [3.8, 4) is 0 Å². The Kier molecular flexibility index (Phi) is 6.68. The average molecular weight is 376 g/mol. The van der Waals surface area contributed by atoms with E-state index in [1.54, 1.807) is 24.6 Å². The van der Waals surface area contributed by atoms with Crippen LogP contribution in [-0.2, 0) is 6.54 Å². The van der Waals surface area contributed by atoms with Crippen molar-refractivity contribution >= 4 is 17.3 Å². The van der Waals surface area contributed by atoms with E-state index in [0.717, 1.165) is 42.1 Å². The minimum Gasteiger partial charge on any atom is -0.468 e. The van der Waals surface area contributed by atoms with Gasteiger partial charge in [0.25, 0.3) is 0 Å². The van der Waals surface area contributed by atoms with Gasteiger partial charge in [-0.05, 0) is 51.9 Å². The van der Waals surface area contributed by atoms with Crippen molar-refractivity contribution in [2.24, 2.45) is 4.99 Å². The largest absolute Gasteiger partial charge is 0.468 e. The monoisotopic (exact) mass is 375 g/mol. The third-order valence-electron chi connectivity index (χ3n) is 4.87. The number of aliphatic imine (C=N–C) groups is 1. The topological polar surface area (TPSA) is 65.7 Å². The van der Waals surface area contributed by atoms with Crippen molar-refractivity contribution in [1.29, 1.82) is 0 Å². The van der Waals surface area contributed by atoms with E-state index in [2.05, 4.69) is 45.4 Å². The number of nitrogens with one attached hydrogen (secondary N) is 2. The minimum absolute atomic E-state index is 0.230. The van der Waals surface area contributed by atoms with Gasteiger partial charge in [-0.25, -0.2) is 4.98 Å². The van der Waals surface area contributed by atoms with Crippen LogP contribution in [0.15, 0.2) is 27.8 Å². The molecular weight excluding hydrogens is 346 g/mol. The fraction of sp³-hybridized carbons (Fsp3) is 0.579. The number of piperidine rings is 1. The fourth-order valence-corrected chi connectivity index (χ4v) is 4.18. The average Bonchev–Trinajstić information content (AvgIpc) is 3.29. The van der Waals surface area contributed by atoms with Gasteiger partial charge >= 0.3 is 0 Å². The quantitative estimate of drug-likeness (QED) is 0.599. The van der Waals surface area contributed by atoms with Crippen LogP contribution in [-0.4, -0.2) is 42.5 Å². The molecule has 0 amide bonds. The Morgan fingerprint density at radius 1 is 1.31 bits per heavy atom. The zero-order valence-electron chi connectivity index (χ0n) is 15.9. The molecule has 0 radical (unpaired) electrons. The summed E-state index contributed by atoms with van der Waals surface area (Å²) in [7, 11) is 1.80. The highest BCUT2D eigenvalue weighted by Gasteiger charge is 2.24. The molecule has 142 valence electrons. The first-order valence-corrected chi connectivity index (χ1v) is 10.1. The summed E-state index contributed by atoms with van der Waals surface area (Å²) < 4.78 is 5.71. The van der Waals surface area contributed by atoms with Crippen LogP contribution in [0.3, 0.4) is 0 Å². The first-order valence-electron chi connectivity index (χ1n) is 9.32. The fourth-order valence-electron chi connectivity index (χ4n) is 3.31. The van der Waals surface area contributed by atoms with Crippen LogP contribution < -0.4 is 10.6 Å². The Morgan fingerprint density at radius 2 is 2.12 bits per heavy atom. The van der Waals surface area contributed by atoms with E-state index < -0.39 is 0 Å². The second kappa shape index (κ2) is 9.19. The number of thiazole rings is 1. The van der Waals surface area contributed by atoms with Crippen LogP contribution in [0.2, 0.25) is 0 Å². The van der Waals surface area contributed by atoms with Crippen LogP contribution in [0.5, 0.6) is 0 Å². The zero-order chi connectivity index (χ0) is 18.4. The van der Waals surface area contributed by atoms with Gasteiger partial charge in [-0.1, -0.05) is 6.42 Å². The Labute approximate surface area is 159 Å². The molecule has 7 heteroatoms. The number of aryl methyl sites for hydroxylation is 2. The molecule has 0 spiro atoms. The SMILES string of the molecule is CN=C(NCc1nc(C)c(C)s1)NCC(c1ccco1)N1CCCCC1. The molecule has 1 fully saturated rings. The van der Waals surface area contributed by atoms with Gasteiger partial charge in [-0.3, -0.25) is 9.89 Å². The molecule has 26 heavy (non-hydrogen) atoms. The zero-order valence-corrected chi connectivity index (χ0v) is 16.7. The summed E-state index contributed by atoms with van der Waals surface area (Å²) in [6.07, 6.45) is 5.59. The van der Waals surface area contributed by atoms with Gasteiger partial charge in [-0.2, -0.15) is 0 Å². The van der Waals surface area contributed by atoms with Crippen LogP contribution in [0.4, 0.5) is 0 Å². The van der Waals surface area contributed by atoms with E-state index in [0.29, 0.717) is 6.54 Å². The molecule has 0 saturated carbocycles. The van der Waals surface area contributed by atoms with E-state index >= 15 is 0 Å². The highest BCUT2D eigenvalue weighted by atomic mass is 32.1. The van der Waals surface area contributed by atoms with E-state index in [4.69, 9.17) is 4.42 Å². The van der Waals surface area contributed by atoms with Crippen molar-refractivity contribution in [2.45, 2.75) is 45.7 Å². The number of furan rings is 1. The number of rotatable bonds is 6. The number of hydrogen-bond donors (Lipinski definition) is 2. The molecule has 1 aliphatic heterocycles. The van der Waals surface area contributed by atoms with Gasteiger partial charge in [0.1, 0.15) is 10.8 Å². The predicted molar refractivity (Wildman–Crippen MR) is 107 cm³/mol. The van der Waals surface area contributed by atoms with Crippen molar-refractivity contribution in [3.05, 3.63) is 39.7 Å². The smallest absolute Gasteiger partial charge is 0.191 e. The minimum atomic E-state index is 0.230. The highest BCUT2D eigenvalue weighted by molar-refractivity contribution is 7.11. The van der Waals surface area contributed by atoms with Crippen molar-refractivity contribution in [2.75, 3.05) is 26.7 Å². The second-order valence-electron chi connectivity index (χ2n) is 6.68. The van der Waals surface area contributed by atoms with E-state index in [9.17, 15) is 0 Å². The summed E-state index contributed by atoms with van der Waals surface area (Å²) in [4.78, 5) is 12.7. The molecule has 6 nitrogen and oxygen atoms in total. The summed E-state index contributed by atoms with van der Waals surface area (Å²) in [5.41, 5.74) is 1.11. The van der Waals surface area contributed by atoms with Gasteiger partial charge in [-0.15, -0.1) is 11.3 Å². The van der Waals surface area contributed by atoms with Gasteiger partial charge in [0, 0.05) is 18.5 Å². The van der Waals surface area contributed by atoms with Crippen LogP contribution >= 0.6 is 11.3 Å². The number of guanidine groups is 1. The summed E-state index contributed by atoms with van der Waals surface area (Å²) in [6, 6.07) is 4.26. The lowest BCUT2D eigenvalue weighted by Gasteiger charge is -2.33. The van der Waals surface area contributed by atoms with Crippen LogP contribution in [0.25, 0.3) is 0 Å². The van der Waals surface area contributed by atoms with Gasteiger partial charge in [0.15, 0.2) is 5.96 Å². The first-order chi connectivity index (χ1) is 12.7. The maximum atomic E-state index is 5.71. The first kappa shape index (κ1) is 18.9. The molecule has 0 aliphatic carbocycles. The molecule has 1 unspecified atom stereocenters. The third-order valence-corrected chi connectivity index (χ3v) is 5.94. The molecule has 0 aromatic carbocycles. The molecule has 1 atom stereocenters. The van der Waals surface area contributed by atoms with Gasteiger partial charge in [0.05, 0.1) is 24.5 Å². The molecule has 3 heterocycles. The maximum absolute atomic E-state index is 5.71. The van der Waals surface area contributed by atoms with E-state index in [-0.39, 0.29) is 6.04 Å². The van der Waals surface area contributed by atoms with Crippen molar-refractivity contribution in [1.82, 2.24) is 20.5 Å². The van der Waals surface area contributed by atoms with Gasteiger partial charge < -0.3 is 15.1 Å². The number of aromatic nitrogens is 1. The second-order valence-corrected chi connectivity index (χ2v) is 7.97. The number of hydrogen-bond acceptors (Lipinski definition) is 5. The number of likely N-dealkylation sites (tertiary alicyclic amines) is 1. The normalized spacial score (nSPS) is 17.3. The Morgan fingerprint density at radius 3 is 2.73 bits per heavy atom. The van der Waals surface area contributed by atoms with Gasteiger partial charge in [0.2, 0.25) is 0 Å². The van der Waals surface area contributed by atoms with E-state index in [1.165, 1.54) is 24.1 Å². The lowest BCUT2D eigenvalue weighted by Crippen LogP contribution is -2.44. The lowest BCUT2D eigenvalue weighted by molar-refractivity contribution is 0.146. The molecule has 2 aromatic rings. The summed E-state index contributed by atoms with van der Waals surface area (Å²) >= 11 is 1.73. The number of nitrogens with zero attached hydrogens (tertiary/aromatic N) is 3. The molecule has 3 rings (SSSR count). The molecular formula is C19H29N5OS. The van der Waals surface area contributed by atoms with E-state index in [1.807, 2.05) is 6.07 Å². The lowest BCUT2D eigenvalue weighted by atomic mass is 10.1.